The molecule has 3 nitrogen and oxygen atoms in total. The first-order valence-corrected chi connectivity index (χ1v) is 8.21. The zero-order valence-electron chi connectivity index (χ0n) is 13.1. The van der Waals surface area contributed by atoms with Crippen molar-refractivity contribution in [2.75, 3.05) is 0 Å². The van der Waals surface area contributed by atoms with Crippen LogP contribution in [0.1, 0.15) is 29.1 Å². The van der Waals surface area contributed by atoms with Gasteiger partial charge in [-0.05, 0) is 17.7 Å². The number of hydrogen-bond acceptors (Lipinski definition) is 3. The summed E-state index contributed by atoms with van der Waals surface area (Å²) in [5.74, 6) is 1.82. The Labute approximate surface area is 141 Å². The molecule has 0 fully saturated rings. The van der Waals surface area contributed by atoms with Crippen molar-refractivity contribution in [3.63, 3.8) is 0 Å². The van der Waals surface area contributed by atoms with E-state index in [-0.39, 0.29) is 12.5 Å². The average molecular weight is 315 g/mol. The minimum Gasteiger partial charge on any atom is -0.470 e. The third-order valence-electron chi connectivity index (χ3n) is 4.66. The molecule has 0 spiro atoms. The van der Waals surface area contributed by atoms with Gasteiger partial charge in [-0.15, -0.1) is 0 Å². The van der Waals surface area contributed by atoms with Crippen LogP contribution in [0.3, 0.4) is 0 Å². The Kier molecular flexibility index (Phi) is 3.06. The Morgan fingerprint density at radius 2 is 1.12 bits per heavy atom. The van der Waals surface area contributed by atoms with Crippen molar-refractivity contribution in [2.45, 2.75) is 19.0 Å². The predicted molar refractivity (Wildman–Crippen MR) is 91.6 cm³/mol. The molecule has 0 N–H and O–H groups in total. The predicted octanol–water partition coefficient (Wildman–Crippen LogP) is 4.67. The molecule has 118 valence electrons. The van der Waals surface area contributed by atoms with Gasteiger partial charge in [-0.1, -0.05) is 66.7 Å². The molecule has 2 aliphatic rings. The number of fused-ring (bicyclic) bond motifs is 6. The molecule has 3 aromatic carbocycles. The van der Waals surface area contributed by atoms with Crippen molar-refractivity contribution >= 4 is 0 Å². The summed E-state index contributed by atoms with van der Waals surface area (Å²) < 4.78 is 12.7. The van der Waals surface area contributed by atoms with Crippen LogP contribution in [0.15, 0.2) is 78.9 Å². The van der Waals surface area contributed by atoms with E-state index >= 15 is 0 Å². The number of hydrogen-bond donors (Lipinski definition) is 0. The Bertz CT molecular complexity index is 824. The smallest absolute Gasteiger partial charge is 0.185 e. The zero-order chi connectivity index (χ0) is 15.9. The normalized spacial score (nSPS) is 21.2. The van der Waals surface area contributed by atoms with E-state index in [1.54, 1.807) is 0 Å². The minimum atomic E-state index is -0.130. The van der Waals surface area contributed by atoms with E-state index in [0.717, 1.165) is 29.2 Å². The third-order valence-corrected chi connectivity index (χ3v) is 4.66. The molecule has 0 unspecified atom stereocenters. The first-order valence-electron chi connectivity index (χ1n) is 8.21. The van der Waals surface area contributed by atoms with Gasteiger partial charge in [-0.3, -0.25) is 0 Å². The summed E-state index contributed by atoms with van der Waals surface area (Å²) in [7, 11) is 0. The maximum atomic E-state index is 6.36. The molecule has 3 heteroatoms. The lowest BCUT2D eigenvalue weighted by atomic mass is 10.0. The standard InChI is InChI=1S/C21H17NO2/c1-2-8-15(9-3-1)14-22-20-16-10-4-6-12-18(16)23-21(22)17-11-5-7-13-19(17)24-20/h1-13,20-21H,14H2/t20-,21+. The summed E-state index contributed by atoms with van der Waals surface area (Å²) in [6, 6.07) is 26.8. The fraction of sp³-hybridized carbons (Fsp3) is 0.143. The number of nitrogens with zero attached hydrogens (tertiary/aromatic N) is 1. The molecule has 0 saturated heterocycles. The van der Waals surface area contributed by atoms with Crippen LogP contribution >= 0.6 is 0 Å². The fourth-order valence-corrected chi connectivity index (χ4v) is 3.53. The summed E-state index contributed by atoms with van der Waals surface area (Å²) in [5, 5.41) is 0. The summed E-state index contributed by atoms with van der Waals surface area (Å²) in [6.07, 6.45) is -0.259. The van der Waals surface area contributed by atoms with Crippen LogP contribution in [0.4, 0.5) is 0 Å². The van der Waals surface area contributed by atoms with E-state index in [0.29, 0.717) is 0 Å². The molecule has 3 aromatic rings. The van der Waals surface area contributed by atoms with Crippen LogP contribution in [0.2, 0.25) is 0 Å². The molecule has 0 radical (unpaired) electrons. The van der Waals surface area contributed by atoms with E-state index in [2.05, 4.69) is 41.3 Å². The first kappa shape index (κ1) is 13.6. The van der Waals surface area contributed by atoms with E-state index < -0.39 is 0 Å². The van der Waals surface area contributed by atoms with Crippen LogP contribution in [0.5, 0.6) is 11.5 Å². The molecule has 2 heterocycles. The van der Waals surface area contributed by atoms with Gasteiger partial charge in [-0.2, -0.15) is 0 Å². The van der Waals surface area contributed by atoms with Crippen LogP contribution < -0.4 is 9.47 Å². The molecule has 2 aliphatic heterocycles. The Morgan fingerprint density at radius 3 is 1.71 bits per heavy atom. The highest BCUT2D eigenvalue weighted by molar-refractivity contribution is 5.45. The Hall–Kier alpha value is -2.78. The van der Waals surface area contributed by atoms with E-state index in [9.17, 15) is 0 Å². The summed E-state index contributed by atoms with van der Waals surface area (Å²) in [5.41, 5.74) is 3.41. The van der Waals surface area contributed by atoms with Gasteiger partial charge in [-0.25, -0.2) is 4.90 Å². The maximum Gasteiger partial charge on any atom is 0.185 e. The summed E-state index contributed by atoms with van der Waals surface area (Å²) >= 11 is 0. The van der Waals surface area contributed by atoms with Gasteiger partial charge < -0.3 is 9.47 Å². The van der Waals surface area contributed by atoms with E-state index in [4.69, 9.17) is 9.47 Å². The lowest BCUT2D eigenvalue weighted by molar-refractivity contribution is -0.128. The third kappa shape index (κ3) is 2.09. The van der Waals surface area contributed by atoms with Gasteiger partial charge in [0.05, 0.1) is 0 Å². The molecule has 0 amide bonds. The summed E-state index contributed by atoms with van der Waals surface area (Å²) in [4.78, 5) is 2.28. The van der Waals surface area contributed by atoms with Crippen molar-refractivity contribution in [1.29, 1.82) is 0 Å². The Morgan fingerprint density at radius 1 is 0.625 bits per heavy atom. The topological polar surface area (TPSA) is 21.7 Å². The second-order valence-electron chi connectivity index (χ2n) is 6.17. The highest BCUT2D eigenvalue weighted by atomic mass is 16.6. The minimum absolute atomic E-state index is 0.130. The Balaban J connectivity index is 1.62. The second-order valence-corrected chi connectivity index (χ2v) is 6.17. The van der Waals surface area contributed by atoms with Crippen LogP contribution in [-0.2, 0) is 6.54 Å². The number of ether oxygens (including phenoxy) is 2. The van der Waals surface area contributed by atoms with Gasteiger partial charge >= 0.3 is 0 Å². The SMILES string of the molecule is c1ccc(CN2[C@@H]3Oc4ccccc4[C@@H]2Oc2ccccc23)cc1. The zero-order valence-corrected chi connectivity index (χ0v) is 13.1. The highest BCUT2D eigenvalue weighted by Gasteiger charge is 2.43. The molecule has 0 aliphatic carbocycles. The molecular weight excluding hydrogens is 298 g/mol. The van der Waals surface area contributed by atoms with Gasteiger partial charge in [0, 0.05) is 17.7 Å². The van der Waals surface area contributed by atoms with Gasteiger partial charge in [0.2, 0.25) is 0 Å². The number of para-hydroxylation sites is 2. The molecule has 2 atom stereocenters. The van der Waals surface area contributed by atoms with Crippen LogP contribution in [0, 0.1) is 0 Å². The first-order chi connectivity index (χ1) is 11.9. The van der Waals surface area contributed by atoms with Crippen molar-refractivity contribution in [1.82, 2.24) is 4.90 Å². The quantitative estimate of drug-likeness (QED) is 0.686. The van der Waals surface area contributed by atoms with Crippen molar-refractivity contribution < 1.29 is 9.47 Å². The number of benzene rings is 3. The second kappa shape index (κ2) is 5.39. The molecular formula is C21H17NO2. The molecule has 5 rings (SSSR count). The largest absolute Gasteiger partial charge is 0.470 e. The van der Waals surface area contributed by atoms with Crippen molar-refractivity contribution in [3.8, 4) is 11.5 Å². The monoisotopic (exact) mass is 315 g/mol. The molecule has 2 bridgehead atoms. The van der Waals surface area contributed by atoms with Crippen molar-refractivity contribution in [3.05, 3.63) is 95.6 Å². The lowest BCUT2D eigenvalue weighted by Gasteiger charge is -2.46. The van der Waals surface area contributed by atoms with Gasteiger partial charge in [0.1, 0.15) is 11.5 Å². The molecule has 24 heavy (non-hydrogen) atoms. The highest BCUT2D eigenvalue weighted by Crippen LogP contribution is 2.49. The van der Waals surface area contributed by atoms with E-state index in [1.165, 1.54) is 5.56 Å². The van der Waals surface area contributed by atoms with E-state index in [1.807, 2.05) is 42.5 Å². The average Bonchev–Trinajstić information content (AvgIpc) is 2.63. The van der Waals surface area contributed by atoms with Crippen LogP contribution in [-0.4, -0.2) is 4.90 Å². The van der Waals surface area contributed by atoms with Crippen LogP contribution in [0.25, 0.3) is 0 Å². The maximum absolute atomic E-state index is 6.36. The van der Waals surface area contributed by atoms with Gasteiger partial charge in [0.15, 0.2) is 12.5 Å². The summed E-state index contributed by atoms with van der Waals surface area (Å²) in [6.45, 7) is 0.777. The fourth-order valence-electron chi connectivity index (χ4n) is 3.53. The molecule has 0 saturated carbocycles. The lowest BCUT2D eigenvalue weighted by Crippen LogP contribution is -2.44. The van der Waals surface area contributed by atoms with Crippen molar-refractivity contribution in [2.24, 2.45) is 0 Å². The van der Waals surface area contributed by atoms with Gasteiger partial charge in [0.25, 0.3) is 0 Å². The molecule has 0 aromatic heterocycles. The number of rotatable bonds is 2.